The number of unbranched alkanes of at least 4 members (excludes halogenated alkanes) is 3. The van der Waals surface area contributed by atoms with E-state index in [1.807, 2.05) is 0 Å². The lowest BCUT2D eigenvalue weighted by Crippen LogP contribution is -2.24. The minimum atomic E-state index is -3.80. The van der Waals surface area contributed by atoms with Crippen LogP contribution in [0.15, 0.2) is 9.36 Å². The minimum Gasteiger partial charge on any atom is -0.287 e. The monoisotopic (exact) mass is 398 g/mol. The van der Waals surface area contributed by atoms with Gasteiger partial charge in [-0.25, -0.2) is 0 Å². The molecule has 2 rings (SSSR count). The van der Waals surface area contributed by atoms with Gasteiger partial charge in [0.15, 0.2) is 0 Å². The second-order valence-electron chi connectivity index (χ2n) is 5.25. The van der Waals surface area contributed by atoms with Gasteiger partial charge in [0.1, 0.15) is 17.7 Å². The van der Waals surface area contributed by atoms with Crippen LogP contribution in [0.2, 0.25) is 0 Å². The zero-order valence-electron chi connectivity index (χ0n) is 12.4. The number of halogens is 3. The average Bonchev–Trinajstić information content (AvgIpc) is 2.92. The van der Waals surface area contributed by atoms with Crippen LogP contribution < -0.4 is 0 Å². The van der Waals surface area contributed by atoms with Crippen LogP contribution in [-0.2, 0) is 6.42 Å². The summed E-state index contributed by atoms with van der Waals surface area (Å²) in [5, 5.41) is 17.8. The van der Waals surface area contributed by atoms with E-state index in [0.29, 0.717) is 15.8 Å². The van der Waals surface area contributed by atoms with Crippen LogP contribution in [0, 0.1) is 22.7 Å². The van der Waals surface area contributed by atoms with Crippen molar-refractivity contribution in [3.8, 4) is 12.1 Å². The third-order valence-electron chi connectivity index (χ3n) is 3.76. The van der Waals surface area contributed by atoms with Crippen molar-refractivity contribution >= 4 is 38.6 Å². The molecule has 1 aliphatic rings. The summed E-state index contributed by atoms with van der Waals surface area (Å²) in [6.07, 6.45) is 4.39. The predicted octanol–water partition coefficient (Wildman–Crippen LogP) is 5.27. The van der Waals surface area contributed by atoms with Gasteiger partial charge in [0, 0.05) is 5.56 Å². The second kappa shape index (κ2) is 6.90. The molecule has 120 valence electrons. The number of carbonyl (C=O) groups is 1. The van der Waals surface area contributed by atoms with Crippen LogP contribution in [0.5, 0.6) is 0 Å². The Labute approximate surface area is 145 Å². The molecule has 0 aromatic carbocycles. The standard InChI is InChI=1S/C16H13BrF2N2OS/c1-2-3-4-5-6-10-11-13(23-15(10)17)12(9(7-20)8-21)16(18,19)14(11)22/h2-6H2,1H3. The number of nitrogens with zero attached hydrogens (tertiary/aromatic N) is 2. The number of carbonyl (C=O) groups excluding carboxylic acids is 1. The van der Waals surface area contributed by atoms with Gasteiger partial charge >= 0.3 is 5.92 Å². The number of hydrogen-bond acceptors (Lipinski definition) is 4. The van der Waals surface area contributed by atoms with Crippen molar-refractivity contribution in [1.29, 1.82) is 10.5 Å². The maximum Gasteiger partial charge on any atom is 0.338 e. The van der Waals surface area contributed by atoms with Crippen LogP contribution in [-0.4, -0.2) is 11.7 Å². The molecular formula is C16H13BrF2N2OS. The zero-order valence-corrected chi connectivity index (χ0v) is 14.8. The number of nitriles is 2. The third kappa shape index (κ3) is 2.96. The van der Waals surface area contributed by atoms with Gasteiger partial charge in [0.25, 0.3) is 0 Å². The van der Waals surface area contributed by atoms with Crippen molar-refractivity contribution in [3.63, 3.8) is 0 Å². The van der Waals surface area contributed by atoms with E-state index in [9.17, 15) is 13.6 Å². The minimum absolute atomic E-state index is 0.0265. The summed E-state index contributed by atoms with van der Waals surface area (Å²) in [6, 6.07) is 2.95. The van der Waals surface area contributed by atoms with Crippen molar-refractivity contribution < 1.29 is 13.6 Å². The number of fused-ring (bicyclic) bond motifs is 1. The smallest absolute Gasteiger partial charge is 0.287 e. The van der Waals surface area contributed by atoms with Crippen LogP contribution in [0.25, 0.3) is 5.57 Å². The first-order valence-corrected chi connectivity index (χ1v) is 8.80. The van der Waals surface area contributed by atoms with Gasteiger partial charge in [0.05, 0.1) is 14.2 Å². The van der Waals surface area contributed by atoms with Crippen molar-refractivity contribution in [3.05, 3.63) is 25.4 Å². The molecule has 1 aromatic rings. The molecular weight excluding hydrogens is 386 g/mol. The van der Waals surface area contributed by atoms with E-state index >= 15 is 0 Å². The lowest BCUT2D eigenvalue weighted by molar-refractivity contribution is 0.0458. The Kier molecular flexibility index (Phi) is 5.33. The van der Waals surface area contributed by atoms with Gasteiger partial charge in [0.2, 0.25) is 5.78 Å². The molecule has 0 aliphatic heterocycles. The first-order valence-electron chi connectivity index (χ1n) is 7.19. The molecule has 0 atom stereocenters. The Bertz CT molecular complexity index is 752. The maximum absolute atomic E-state index is 14.3. The molecule has 0 bridgehead atoms. The molecule has 1 aliphatic carbocycles. The SMILES string of the molecule is CCCCCCc1c(Br)sc2c1C(=O)C(F)(F)C2=C(C#N)C#N. The maximum atomic E-state index is 14.3. The van der Waals surface area contributed by atoms with Crippen LogP contribution in [0.1, 0.15) is 53.4 Å². The van der Waals surface area contributed by atoms with Crippen molar-refractivity contribution in [1.82, 2.24) is 0 Å². The lowest BCUT2D eigenvalue weighted by atomic mass is 10.0. The van der Waals surface area contributed by atoms with Crippen molar-refractivity contribution in [2.24, 2.45) is 0 Å². The van der Waals surface area contributed by atoms with E-state index in [1.54, 1.807) is 0 Å². The summed E-state index contributed by atoms with van der Waals surface area (Å²) in [5.41, 5.74) is -0.904. The van der Waals surface area contributed by atoms with Gasteiger partial charge in [-0.3, -0.25) is 4.79 Å². The summed E-state index contributed by atoms with van der Waals surface area (Å²) in [4.78, 5) is 12.2. The summed E-state index contributed by atoms with van der Waals surface area (Å²) < 4.78 is 29.2. The summed E-state index contributed by atoms with van der Waals surface area (Å²) in [5.74, 6) is -5.11. The van der Waals surface area contributed by atoms with Gasteiger partial charge in [-0.15, -0.1) is 11.3 Å². The molecule has 0 spiro atoms. The Balaban J connectivity index is 2.52. The molecule has 1 heterocycles. The molecule has 7 heteroatoms. The molecule has 0 radical (unpaired) electrons. The Morgan fingerprint density at radius 2 is 1.91 bits per heavy atom. The van der Waals surface area contributed by atoms with E-state index in [-0.39, 0.29) is 10.4 Å². The molecule has 23 heavy (non-hydrogen) atoms. The average molecular weight is 399 g/mol. The molecule has 0 unspecified atom stereocenters. The number of Topliss-reactive ketones (excluding diaryl/α,β-unsaturated/α-hetero) is 1. The van der Waals surface area contributed by atoms with E-state index in [0.717, 1.165) is 37.0 Å². The fourth-order valence-corrected chi connectivity index (χ4v) is 4.66. The number of alkyl halides is 2. The number of thiophene rings is 1. The van der Waals surface area contributed by atoms with Crippen LogP contribution in [0.4, 0.5) is 8.78 Å². The number of hydrogen-bond donors (Lipinski definition) is 0. The third-order valence-corrected chi connectivity index (χ3v) is 5.77. The fraction of sp³-hybridized carbons (Fsp3) is 0.438. The van der Waals surface area contributed by atoms with Crippen LogP contribution in [0.3, 0.4) is 0 Å². The number of allylic oxidation sites excluding steroid dienone is 2. The summed E-state index contributed by atoms with van der Waals surface area (Å²) in [6.45, 7) is 2.07. The highest BCUT2D eigenvalue weighted by Gasteiger charge is 2.55. The van der Waals surface area contributed by atoms with Crippen molar-refractivity contribution in [2.75, 3.05) is 0 Å². The first-order chi connectivity index (χ1) is 10.9. The molecule has 0 saturated carbocycles. The highest BCUT2D eigenvalue weighted by molar-refractivity contribution is 9.11. The highest BCUT2D eigenvalue weighted by Crippen LogP contribution is 2.52. The zero-order chi connectivity index (χ0) is 17.2. The largest absolute Gasteiger partial charge is 0.338 e. The predicted molar refractivity (Wildman–Crippen MR) is 87.3 cm³/mol. The Morgan fingerprint density at radius 1 is 1.26 bits per heavy atom. The molecule has 3 nitrogen and oxygen atoms in total. The number of ketones is 1. The topological polar surface area (TPSA) is 64.7 Å². The second-order valence-corrected chi connectivity index (χ2v) is 7.58. The van der Waals surface area contributed by atoms with E-state index in [1.165, 1.54) is 12.1 Å². The van der Waals surface area contributed by atoms with Crippen molar-refractivity contribution in [2.45, 2.75) is 45.0 Å². The molecule has 0 fully saturated rings. The van der Waals surface area contributed by atoms with E-state index in [4.69, 9.17) is 10.5 Å². The van der Waals surface area contributed by atoms with Gasteiger partial charge in [-0.2, -0.15) is 19.3 Å². The van der Waals surface area contributed by atoms with E-state index in [2.05, 4.69) is 22.9 Å². The quantitative estimate of drug-likeness (QED) is 0.501. The first kappa shape index (κ1) is 17.8. The molecule has 0 N–H and O–H groups in total. The molecule has 0 saturated heterocycles. The summed E-state index contributed by atoms with van der Waals surface area (Å²) in [7, 11) is 0. The lowest BCUT2D eigenvalue weighted by Gasteiger charge is -2.10. The summed E-state index contributed by atoms with van der Waals surface area (Å²) >= 11 is 4.33. The highest BCUT2D eigenvalue weighted by atomic mass is 79.9. The van der Waals surface area contributed by atoms with Crippen LogP contribution >= 0.6 is 27.3 Å². The Hall–Kier alpha value is -1.57. The van der Waals surface area contributed by atoms with Gasteiger partial charge < -0.3 is 0 Å². The fourth-order valence-electron chi connectivity index (χ4n) is 2.63. The van der Waals surface area contributed by atoms with Gasteiger partial charge in [-0.05, 0) is 34.3 Å². The van der Waals surface area contributed by atoms with E-state index < -0.39 is 22.9 Å². The Morgan fingerprint density at radius 3 is 2.48 bits per heavy atom. The molecule has 1 aromatic heterocycles. The number of rotatable bonds is 5. The molecule has 0 amide bonds. The van der Waals surface area contributed by atoms with Gasteiger partial charge in [-0.1, -0.05) is 26.2 Å². The normalized spacial score (nSPS) is 15.2.